The molecule has 1 saturated carbocycles. The van der Waals surface area contributed by atoms with Gasteiger partial charge >= 0.3 is 5.97 Å². The zero-order valence-corrected chi connectivity index (χ0v) is 14.3. The molecule has 2 aromatic rings. The summed E-state index contributed by atoms with van der Waals surface area (Å²) in [5, 5.41) is 17.8. The van der Waals surface area contributed by atoms with Crippen molar-refractivity contribution in [2.45, 2.75) is 37.8 Å². The van der Waals surface area contributed by atoms with E-state index in [-0.39, 0.29) is 12.0 Å². The monoisotopic (exact) mass is 349 g/mol. The first-order valence-electron chi connectivity index (χ1n) is 7.90. The Morgan fingerprint density at radius 2 is 1.83 bits per heavy atom. The molecule has 2 N–H and O–H groups in total. The van der Waals surface area contributed by atoms with E-state index in [1.165, 1.54) is 11.1 Å². The summed E-state index contributed by atoms with van der Waals surface area (Å²) in [6.45, 7) is 0. The van der Waals surface area contributed by atoms with E-state index >= 15 is 0 Å². The zero-order valence-electron chi connectivity index (χ0n) is 12.7. The van der Waals surface area contributed by atoms with Gasteiger partial charge in [-0.05, 0) is 65.8 Å². The number of nitrogens with one attached hydrogen (secondary N) is 1. The molecule has 3 nitrogen and oxygen atoms in total. The summed E-state index contributed by atoms with van der Waals surface area (Å²) in [6.07, 6.45) is 3.32. The molecule has 1 fully saturated rings. The second-order valence-electron chi connectivity index (χ2n) is 6.09. The summed E-state index contributed by atoms with van der Waals surface area (Å²) in [7, 11) is 0. The molecule has 1 heterocycles. The SMILES string of the molecule is O=C(O)C1CCC(NC(c2ccc(Cl)cc2)c2ccsc2)CC1. The van der Waals surface area contributed by atoms with E-state index in [2.05, 4.69) is 34.3 Å². The summed E-state index contributed by atoms with van der Waals surface area (Å²) in [5.41, 5.74) is 2.44. The zero-order chi connectivity index (χ0) is 16.2. The number of hydrogen-bond acceptors (Lipinski definition) is 3. The van der Waals surface area contributed by atoms with Crippen molar-refractivity contribution in [3.8, 4) is 0 Å². The number of hydrogen-bond donors (Lipinski definition) is 2. The van der Waals surface area contributed by atoms with E-state index in [4.69, 9.17) is 16.7 Å². The first-order valence-corrected chi connectivity index (χ1v) is 9.22. The van der Waals surface area contributed by atoms with Gasteiger partial charge in [0.25, 0.3) is 0 Å². The van der Waals surface area contributed by atoms with Crippen LogP contribution in [0.25, 0.3) is 0 Å². The van der Waals surface area contributed by atoms with E-state index in [0.29, 0.717) is 6.04 Å². The van der Waals surface area contributed by atoms with E-state index in [1.54, 1.807) is 11.3 Å². The highest BCUT2D eigenvalue weighted by atomic mass is 35.5. The van der Waals surface area contributed by atoms with Crippen LogP contribution in [0.15, 0.2) is 41.1 Å². The minimum Gasteiger partial charge on any atom is -0.481 e. The predicted octanol–water partition coefficient (Wildman–Crippen LogP) is 4.72. The highest BCUT2D eigenvalue weighted by Crippen LogP contribution is 2.30. The largest absolute Gasteiger partial charge is 0.481 e. The van der Waals surface area contributed by atoms with Gasteiger partial charge in [0.05, 0.1) is 12.0 Å². The molecule has 0 spiro atoms. The lowest BCUT2D eigenvalue weighted by atomic mass is 9.85. The van der Waals surface area contributed by atoms with Gasteiger partial charge in [0.2, 0.25) is 0 Å². The van der Waals surface area contributed by atoms with E-state index in [0.717, 1.165) is 30.7 Å². The van der Waals surface area contributed by atoms with Gasteiger partial charge < -0.3 is 10.4 Å². The Labute approximate surface area is 145 Å². The van der Waals surface area contributed by atoms with Crippen molar-refractivity contribution >= 4 is 28.9 Å². The summed E-state index contributed by atoms with van der Waals surface area (Å²) < 4.78 is 0. The summed E-state index contributed by atoms with van der Waals surface area (Å²) in [6, 6.07) is 10.6. The highest BCUT2D eigenvalue weighted by Gasteiger charge is 2.28. The van der Waals surface area contributed by atoms with E-state index in [1.807, 2.05) is 12.1 Å². The number of aliphatic carboxylic acids is 1. The van der Waals surface area contributed by atoms with Crippen LogP contribution in [0.1, 0.15) is 42.9 Å². The van der Waals surface area contributed by atoms with Crippen molar-refractivity contribution in [2.75, 3.05) is 0 Å². The van der Waals surface area contributed by atoms with Crippen molar-refractivity contribution < 1.29 is 9.90 Å². The Morgan fingerprint density at radius 1 is 1.13 bits per heavy atom. The smallest absolute Gasteiger partial charge is 0.306 e. The molecule has 23 heavy (non-hydrogen) atoms. The molecule has 0 bridgehead atoms. The lowest BCUT2D eigenvalue weighted by Crippen LogP contribution is -2.37. The van der Waals surface area contributed by atoms with Crippen LogP contribution in [0.4, 0.5) is 0 Å². The highest BCUT2D eigenvalue weighted by molar-refractivity contribution is 7.08. The molecule has 1 unspecified atom stereocenters. The van der Waals surface area contributed by atoms with Crippen LogP contribution in [0.5, 0.6) is 0 Å². The maximum absolute atomic E-state index is 11.1. The van der Waals surface area contributed by atoms with Crippen LogP contribution < -0.4 is 5.32 Å². The Bertz CT molecular complexity index is 634. The Balaban J connectivity index is 1.73. The number of carbonyl (C=O) groups is 1. The molecule has 0 amide bonds. The molecule has 5 heteroatoms. The average Bonchev–Trinajstić information content (AvgIpc) is 3.08. The normalized spacial score (nSPS) is 22.7. The fourth-order valence-corrected chi connectivity index (χ4v) is 4.03. The fourth-order valence-electron chi connectivity index (χ4n) is 3.22. The van der Waals surface area contributed by atoms with Crippen LogP contribution in [0.2, 0.25) is 5.02 Å². The molecule has 1 aliphatic carbocycles. The van der Waals surface area contributed by atoms with Gasteiger partial charge in [-0.1, -0.05) is 23.7 Å². The summed E-state index contributed by atoms with van der Waals surface area (Å²) >= 11 is 7.69. The second-order valence-corrected chi connectivity index (χ2v) is 7.31. The number of halogens is 1. The van der Waals surface area contributed by atoms with Gasteiger partial charge in [0.1, 0.15) is 0 Å². The maximum atomic E-state index is 11.1. The minimum absolute atomic E-state index is 0.130. The van der Waals surface area contributed by atoms with Crippen LogP contribution in [0.3, 0.4) is 0 Å². The molecule has 1 aliphatic rings. The Kier molecular flexibility index (Phi) is 5.36. The van der Waals surface area contributed by atoms with Crippen molar-refractivity contribution in [1.29, 1.82) is 0 Å². The first-order chi connectivity index (χ1) is 11.1. The summed E-state index contributed by atoms with van der Waals surface area (Å²) in [5.74, 6) is -0.835. The Morgan fingerprint density at radius 3 is 2.39 bits per heavy atom. The molecule has 3 rings (SSSR count). The number of benzene rings is 1. The fraction of sp³-hybridized carbons (Fsp3) is 0.389. The maximum Gasteiger partial charge on any atom is 0.306 e. The second kappa shape index (κ2) is 7.47. The Hall–Kier alpha value is -1.36. The number of carboxylic acid groups (broad SMARTS) is 1. The molecule has 0 aliphatic heterocycles. The molecule has 1 aromatic heterocycles. The van der Waals surface area contributed by atoms with Crippen molar-refractivity contribution in [1.82, 2.24) is 5.32 Å². The quantitative estimate of drug-likeness (QED) is 0.820. The number of carboxylic acids is 1. The number of rotatable bonds is 5. The molecule has 122 valence electrons. The standard InChI is InChI=1S/C18H20ClNO2S/c19-15-5-1-12(2-6-15)17(14-9-10-23-11-14)20-16-7-3-13(4-8-16)18(21)22/h1-2,5-6,9-11,13,16-17,20H,3-4,7-8H2,(H,21,22). The minimum atomic E-state index is -0.657. The summed E-state index contributed by atoms with van der Waals surface area (Å²) in [4.78, 5) is 11.1. The van der Waals surface area contributed by atoms with Crippen molar-refractivity contribution in [2.24, 2.45) is 5.92 Å². The molecule has 0 saturated heterocycles. The third kappa shape index (κ3) is 4.14. The lowest BCUT2D eigenvalue weighted by Gasteiger charge is -2.31. The van der Waals surface area contributed by atoms with Crippen LogP contribution in [0, 0.1) is 5.92 Å². The third-order valence-electron chi connectivity index (χ3n) is 4.56. The molecule has 1 atom stereocenters. The van der Waals surface area contributed by atoms with Crippen molar-refractivity contribution in [3.05, 3.63) is 57.2 Å². The van der Waals surface area contributed by atoms with Gasteiger partial charge in [-0.15, -0.1) is 0 Å². The topological polar surface area (TPSA) is 49.3 Å². The van der Waals surface area contributed by atoms with Gasteiger partial charge in [-0.25, -0.2) is 0 Å². The first kappa shape index (κ1) is 16.5. The average molecular weight is 350 g/mol. The van der Waals surface area contributed by atoms with Crippen molar-refractivity contribution in [3.63, 3.8) is 0 Å². The third-order valence-corrected chi connectivity index (χ3v) is 5.51. The lowest BCUT2D eigenvalue weighted by molar-refractivity contribution is -0.142. The predicted molar refractivity (Wildman–Crippen MR) is 94.1 cm³/mol. The van der Waals surface area contributed by atoms with E-state index in [9.17, 15) is 4.79 Å². The van der Waals surface area contributed by atoms with Gasteiger partial charge in [0.15, 0.2) is 0 Å². The van der Waals surface area contributed by atoms with Crippen LogP contribution >= 0.6 is 22.9 Å². The van der Waals surface area contributed by atoms with Gasteiger partial charge in [-0.2, -0.15) is 11.3 Å². The molecule has 0 radical (unpaired) electrons. The van der Waals surface area contributed by atoms with Crippen LogP contribution in [-0.2, 0) is 4.79 Å². The molecular weight excluding hydrogens is 330 g/mol. The van der Waals surface area contributed by atoms with Gasteiger partial charge in [-0.3, -0.25) is 4.79 Å². The van der Waals surface area contributed by atoms with Gasteiger partial charge in [0, 0.05) is 11.1 Å². The van der Waals surface area contributed by atoms with E-state index < -0.39 is 5.97 Å². The molecule has 1 aromatic carbocycles. The van der Waals surface area contributed by atoms with Crippen LogP contribution in [-0.4, -0.2) is 17.1 Å². The molecular formula is C18H20ClNO2S. The number of thiophene rings is 1.